The molecule has 0 spiro atoms. The van der Waals surface area contributed by atoms with E-state index in [9.17, 15) is 0 Å². The molecule has 0 aliphatic carbocycles. The number of rotatable bonds is 8. The third-order valence-corrected chi connectivity index (χ3v) is 3.17. The van der Waals surface area contributed by atoms with Crippen molar-refractivity contribution in [2.24, 2.45) is 0 Å². The van der Waals surface area contributed by atoms with Gasteiger partial charge in [-0.3, -0.25) is 9.88 Å². The highest BCUT2D eigenvalue weighted by Crippen LogP contribution is 2.10. The number of hydrogen-bond acceptors (Lipinski definition) is 4. The Morgan fingerprint density at radius 2 is 2.05 bits per heavy atom. The van der Waals surface area contributed by atoms with Gasteiger partial charge in [-0.05, 0) is 37.9 Å². The molecule has 0 saturated carbocycles. The molecule has 0 fully saturated rings. The van der Waals surface area contributed by atoms with Gasteiger partial charge in [0.15, 0.2) is 0 Å². The minimum atomic E-state index is 0.800. The van der Waals surface area contributed by atoms with E-state index in [4.69, 9.17) is 4.42 Å². The van der Waals surface area contributed by atoms with Crippen LogP contribution in [0.3, 0.4) is 0 Å². The number of aromatic nitrogens is 1. The number of pyridine rings is 1. The second-order valence-corrected chi connectivity index (χ2v) is 4.96. The van der Waals surface area contributed by atoms with Crippen molar-refractivity contribution in [1.29, 1.82) is 0 Å². The molecule has 108 valence electrons. The SMILES string of the molecule is CCNCc1ccc(CN(C)CCc2ccccn2)o1. The molecule has 1 N–H and O–H groups in total. The lowest BCUT2D eigenvalue weighted by Gasteiger charge is -2.14. The molecule has 2 rings (SSSR count). The summed E-state index contributed by atoms with van der Waals surface area (Å²) in [5, 5.41) is 3.26. The Morgan fingerprint density at radius 1 is 1.20 bits per heavy atom. The van der Waals surface area contributed by atoms with Crippen molar-refractivity contribution in [3.05, 3.63) is 53.7 Å². The van der Waals surface area contributed by atoms with Gasteiger partial charge in [-0.2, -0.15) is 0 Å². The molecule has 0 atom stereocenters. The highest BCUT2D eigenvalue weighted by molar-refractivity contribution is 5.07. The van der Waals surface area contributed by atoms with E-state index in [1.807, 2.05) is 24.4 Å². The molecule has 0 aliphatic heterocycles. The molecular weight excluding hydrogens is 250 g/mol. The van der Waals surface area contributed by atoms with Crippen molar-refractivity contribution in [3.8, 4) is 0 Å². The maximum Gasteiger partial charge on any atom is 0.118 e. The van der Waals surface area contributed by atoms with Crippen molar-refractivity contribution >= 4 is 0 Å². The van der Waals surface area contributed by atoms with Gasteiger partial charge in [0.2, 0.25) is 0 Å². The van der Waals surface area contributed by atoms with Gasteiger partial charge in [-0.25, -0.2) is 0 Å². The molecule has 4 nitrogen and oxygen atoms in total. The van der Waals surface area contributed by atoms with Crippen molar-refractivity contribution in [1.82, 2.24) is 15.2 Å². The van der Waals surface area contributed by atoms with Crippen LogP contribution in [0.2, 0.25) is 0 Å². The van der Waals surface area contributed by atoms with Crippen LogP contribution in [-0.4, -0.2) is 30.0 Å². The predicted octanol–water partition coefficient (Wildman–Crippen LogP) is 2.46. The minimum Gasteiger partial charge on any atom is -0.463 e. The topological polar surface area (TPSA) is 41.3 Å². The molecule has 0 bridgehead atoms. The Labute approximate surface area is 120 Å². The van der Waals surface area contributed by atoms with Crippen molar-refractivity contribution in [2.75, 3.05) is 20.1 Å². The summed E-state index contributed by atoms with van der Waals surface area (Å²) in [6.07, 6.45) is 2.80. The summed E-state index contributed by atoms with van der Waals surface area (Å²) in [6, 6.07) is 10.1. The van der Waals surface area contributed by atoms with E-state index < -0.39 is 0 Å². The molecule has 2 aromatic rings. The number of nitrogens with one attached hydrogen (secondary N) is 1. The fourth-order valence-electron chi connectivity index (χ4n) is 2.05. The van der Waals surface area contributed by atoms with Crippen LogP contribution >= 0.6 is 0 Å². The summed E-state index contributed by atoms with van der Waals surface area (Å²) >= 11 is 0. The van der Waals surface area contributed by atoms with E-state index in [-0.39, 0.29) is 0 Å². The summed E-state index contributed by atoms with van der Waals surface area (Å²) in [6.45, 7) is 5.66. The first kappa shape index (κ1) is 14.8. The third kappa shape index (κ3) is 4.79. The Hall–Kier alpha value is -1.65. The Kier molecular flexibility index (Phi) is 5.77. The smallest absolute Gasteiger partial charge is 0.118 e. The maximum atomic E-state index is 5.79. The van der Waals surface area contributed by atoms with Crippen LogP contribution in [0.5, 0.6) is 0 Å². The molecule has 2 aromatic heterocycles. The first-order valence-electron chi connectivity index (χ1n) is 7.14. The highest BCUT2D eigenvalue weighted by atomic mass is 16.3. The van der Waals surface area contributed by atoms with Gasteiger partial charge >= 0.3 is 0 Å². The summed E-state index contributed by atoms with van der Waals surface area (Å²) in [7, 11) is 2.11. The van der Waals surface area contributed by atoms with Crippen LogP contribution < -0.4 is 5.32 Å². The lowest BCUT2D eigenvalue weighted by Crippen LogP contribution is -2.20. The summed E-state index contributed by atoms with van der Waals surface area (Å²) in [5.74, 6) is 2.02. The third-order valence-electron chi connectivity index (χ3n) is 3.17. The Balaban J connectivity index is 1.76. The minimum absolute atomic E-state index is 0.800. The second kappa shape index (κ2) is 7.82. The average molecular weight is 273 g/mol. The number of hydrogen-bond donors (Lipinski definition) is 1. The molecule has 0 saturated heterocycles. The van der Waals surface area contributed by atoms with Crippen LogP contribution in [0.1, 0.15) is 24.1 Å². The van der Waals surface area contributed by atoms with E-state index in [0.717, 1.165) is 49.8 Å². The summed E-state index contributed by atoms with van der Waals surface area (Å²) in [5.41, 5.74) is 1.13. The van der Waals surface area contributed by atoms with Gasteiger partial charge in [0, 0.05) is 24.9 Å². The largest absolute Gasteiger partial charge is 0.463 e. The van der Waals surface area contributed by atoms with Gasteiger partial charge in [-0.1, -0.05) is 13.0 Å². The molecule has 2 heterocycles. The Bertz CT molecular complexity index is 495. The standard InChI is InChI=1S/C16H23N3O/c1-3-17-12-15-7-8-16(20-15)13-19(2)11-9-14-6-4-5-10-18-14/h4-8,10,17H,3,9,11-13H2,1-2H3. The molecule has 0 aromatic carbocycles. The quantitative estimate of drug-likeness (QED) is 0.802. The van der Waals surface area contributed by atoms with Gasteiger partial charge in [-0.15, -0.1) is 0 Å². The Morgan fingerprint density at radius 3 is 2.80 bits per heavy atom. The number of nitrogens with zero attached hydrogens (tertiary/aromatic N) is 2. The van der Waals surface area contributed by atoms with Crippen LogP contribution in [0.15, 0.2) is 40.9 Å². The van der Waals surface area contributed by atoms with E-state index in [0.29, 0.717) is 0 Å². The molecule has 0 aliphatic rings. The van der Waals surface area contributed by atoms with E-state index in [2.05, 4.69) is 41.3 Å². The zero-order valence-electron chi connectivity index (χ0n) is 12.3. The molecule has 0 amide bonds. The van der Waals surface area contributed by atoms with Crippen molar-refractivity contribution < 1.29 is 4.42 Å². The first-order chi connectivity index (χ1) is 9.78. The fourth-order valence-corrected chi connectivity index (χ4v) is 2.05. The van der Waals surface area contributed by atoms with Crippen LogP contribution in [-0.2, 0) is 19.5 Å². The average Bonchev–Trinajstić information content (AvgIpc) is 2.91. The fraction of sp³-hybridized carbons (Fsp3) is 0.438. The highest BCUT2D eigenvalue weighted by Gasteiger charge is 2.06. The normalized spacial score (nSPS) is 11.2. The zero-order chi connectivity index (χ0) is 14.2. The van der Waals surface area contributed by atoms with E-state index >= 15 is 0 Å². The van der Waals surface area contributed by atoms with Gasteiger partial charge < -0.3 is 9.73 Å². The van der Waals surface area contributed by atoms with Gasteiger partial charge in [0.25, 0.3) is 0 Å². The van der Waals surface area contributed by atoms with Gasteiger partial charge in [0.1, 0.15) is 11.5 Å². The summed E-state index contributed by atoms with van der Waals surface area (Å²) < 4.78 is 5.79. The lowest BCUT2D eigenvalue weighted by atomic mass is 10.2. The summed E-state index contributed by atoms with van der Waals surface area (Å²) in [4.78, 5) is 6.59. The van der Waals surface area contributed by atoms with Crippen LogP contribution in [0.4, 0.5) is 0 Å². The molecule has 4 heteroatoms. The molecule has 0 radical (unpaired) electrons. The molecular formula is C16H23N3O. The zero-order valence-corrected chi connectivity index (χ0v) is 12.3. The number of furan rings is 1. The molecule has 20 heavy (non-hydrogen) atoms. The van der Waals surface area contributed by atoms with Crippen molar-refractivity contribution in [3.63, 3.8) is 0 Å². The van der Waals surface area contributed by atoms with Gasteiger partial charge in [0.05, 0.1) is 13.1 Å². The van der Waals surface area contributed by atoms with Crippen LogP contribution in [0, 0.1) is 0 Å². The van der Waals surface area contributed by atoms with Crippen molar-refractivity contribution in [2.45, 2.75) is 26.4 Å². The second-order valence-electron chi connectivity index (χ2n) is 4.96. The lowest BCUT2D eigenvalue weighted by molar-refractivity contribution is 0.292. The molecule has 0 unspecified atom stereocenters. The number of likely N-dealkylation sites (N-methyl/N-ethyl adjacent to an activating group) is 1. The predicted molar refractivity (Wildman–Crippen MR) is 80.4 cm³/mol. The maximum absolute atomic E-state index is 5.79. The first-order valence-corrected chi connectivity index (χ1v) is 7.14. The van der Waals surface area contributed by atoms with E-state index in [1.165, 1.54) is 0 Å². The monoisotopic (exact) mass is 273 g/mol. The van der Waals surface area contributed by atoms with Crippen LogP contribution in [0.25, 0.3) is 0 Å². The van der Waals surface area contributed by atoms with E-state index in [1.54, 1.807) is 0 Å².